The zero-order valence-electron chi connectivity index (χ0n) is 8.38. The molecule has 0 aliphatic rings. The van der Waals surface area contributed by atoms with Gasteiger partial charge in [0.05, 0.1) is 8.61 Å². The summed E-state index contributed by atoms with van der Waals surface area (Å²) in [5, 5.41) is 0. The molecule has 0 N–H and O–H groups in total. The van der Waals surface area contributed by atoms with Crippen LogP contribution in [0.3, 0.4) is 0 Å². The van der Waals surface area contributed by atoms with Gasteiger partial charge in [0.1, 0.15) is 0 Å². The lowest BCUT2D eigenvalue weighted by Gasteiger charge is -2.03. The molecule has 2 aromatic rings. The van der Waals surface area contributed by atoms with Gasteiger partial charge in [0.2, 0.25) is 0 Å². The maximum absolute atomic E-state index is 3.75. The van der Waals surface area contributed by atoms with Crippen molar-refractivity contribution in [2.45, 2.75) is 18.7 Å². The molecular formula is C11H10Br2S2. The molecule has 0 saturated heterocycles. The highest BCUT2D eigenvalue weighted by atomic mass is 79.9. The van der Waals surface area contributed by atoms with Gasteiger partial charge in [0.15, 0.2) is 0 Å². The quantitative estimate of drug-likeness (QED) is 0.601. The van der Waals surface area contributed by atoms with Gasteiger partial charge in [-0.3, -0.25) is 0 Å². The van der Waals surface area contributed by atoms with Crippen molar-refractivity contribution < 1.29 is 0 Å². The molecule has 0 radical (unpaired) electrons. The molecule has 0 saturated carbocycles. The van der Waals surface area contributed by atoms with Gasteiger partial charge in [0, 0.05) is 14.6 Å². The second-order valence-electron chi connectivity index (χ2n) is 3.42. The Labute approximate surface area is 115 Å². The van der Waals surface area contributed by atoms with E-state index in [9.17, 15) is 0 Å². The third kappa shape index (κ3) is 2.54. The molecule has 0 aliphatic heterocycles. The summed E-state index contributed by atoms with van der Waals surface area (Å²) in [7, 11) is 0. The molecular weight excluding hydrogens is 356 g/mol. The van der Waals surface area contributed by atoms with E-state index in [2.05, 4.69) is 63.9 Å². The molecule has 0 fully saturated rings. The molecule has 1 atom stereocenters. The lowest BCUT2D eigenvalue weighted by molar-refractivity contribution is 1.28. The Balaban J connectivity index is 2.31. The number of rotatable bonds is 2. The highest BCUT2D eigenvalue weighted by Crippen LogP contribution is 2.41. The third-order valence-electron chi connectivity index (χ3n) is 2.14. The van der Waals surface area contributed by atoms with Crippen LogP contribution in [-0.4, -0.2) is 0 Å². The van der Waals surface area contributed by atoms with Crippen molar-refractivity contribution in [3.05, 3.63) is 42.2 Å². The van der Waals surface area contributed by atoms with Crippen LogP contribution in [0.25, 0.3) is 0 Å². The first-order chi connectivity index (χ1) is 7.08. The minimum absolute atomic E-state index is 0.339. The van der Waals surface area contributed by atoms with Crippen molar-refractivity contribution in [2.75, 3.05) is 0 Å². The van der Waals surface area contributed by atoms with Crippen molar-refractivity contribution in [1.82, 2.24) is 0 Å². The maximum atomic E-state index is 3.75. The lowest BCUT2D eigenvalue weighted by atomic mass is 10.2. The van der Waals surface area contributed by atoms with Crippen LogP contribution in [0.5, 0.6) is 0 Å². The molecule has 0 aliphatic carbocycles. The van der Waals surface area contributed by atoms with Crippen LogP contribution in [0.2, 0.25) is 0 Å². The summed E-state index contributed by atoms with van der Waals surface area (Å²) >= 11 is 11.0. The highest BCUT2D eigenvalue weighted by molar-refractivity contribution is 9.11. The second-order valence-corrected chi connectivity index (χ2v) is 8.05. The molecule has 2 heterocycles. The number of hydrogen-bond donors (Lipinski definition) is 0. The largest absolute Gasteiger partial charge is 0.144 e. The number of thiophene rings is 2. The molecule has 0 amide bonds. The maximum Gasteiger partial charge on any atom is 0.0831 e. The standard InChI is InChI=1S/C11H10Br2S2/c1-6-5-9(15-11(6)13)10(12)8-4-3-7(2)14-8/h3-5,10H,1-2H3. The summed E-state index contributed by atoms with van der Waals surface area (Å²) in [6, 6.07) is 6.61. The van der Waals surface area contributed by atoms with Gasteiger partial charge in [0.25, 0.3) is 0 Å². The molecule has 1 unspecified atom stereocenters. The minimum atomic E-state index is 0.339. The van der Waals surface area contributed by atoms with Crippen LogP contribution < -0.4 is 0 Å². The van der Waals surface area contributed by atoms with E-state index in [1.54, 1.807) is 11.3 Å². The highest BCUT2D eigenvalue weighted by Gasteiger charge is 2.15. The SMILES string of the molecule is Cc1ccc(C(Br)c2cc(C)c(Br)s2)s1. The number of aryl methyl sites for hydroxylation is 2. The predicted molar refractivity (Wildman–Crippen MR) is 76.6 cm³/mol. The first kappa shape index (κ1) is 11.8. The Morgan fingerprint density at radius 3 is 2.33 bits per heavy atom. The van der Waals surface area contributed by atoms with E-state index in [1.807, 2.05) is 11.3 Å². The fourth-order valence-electron chi connectivity index (χ4n) is 1.34. The van der Waals surface area contributed by atoms with Crippen LogP contribution in [0.15, 0.2) is 22.0 Å². The summed E-state index contributed by atoms with van der Waals surface area (Å²) < 4.78 is 1.23. The average molecular weight is 366 g/mol. The van der Waals surface area contributed by atoms with Gasteiger partial charge in [-0.05, 0) is 53.5 Å². The van der Waals surface area contributed by atoms with Gasteiger partial charge in [-0.2, -0.15) is 0 Å². The van der Waals surface area contributed by atoms with Gasteiger partial charge in [-0.1, -0.05) is 15.9 Å². The van der Waals surface area contributed by atoms with Gasteiger partial charge in [-0.25, -0.2) is 0 Å². The molecule has 0 nitrogen and oxygen atoms in total. The summed E-state index contributed by atoms with van der Waals surface area (Å²) in [6.07, 6.45) is 0. The number of halogens is 2. The molecule has 15 heavy (non-hydrogen) atoms. The van der Waals surface area contributed by atoms with Crippen molar-refractivity contribution in [3.8, 4) is 0 Å². The molecule has 4 heteroatoms. The van der Waals surface area contributed by atoms with Gasteiger partial charge in [-0.15, -0.1) is 22.7 Å². The second kappa shape index (κ2) is 4.70. The Hall–Kier alpha value is 0.360. The summed E-state index contributed by atoms with van der Waals surface area (Å²) in [4.78, 5) is 4.44. The average Bonchev–Trinajstić information content (AvgIpc) is 2.74. The Kier molecular flexibility index (Phi) is 3.71. The topological polar surface area (TPSA) is 0 Å². The van der Waals surface area contributed by atoms with Crippen molar-refractivity contribution in [1.29, 1.82) is 0 Å². The van der Waals surface area contributed by atoms with Crippen LogP contribution in [0.4, 0.5) is 0 Å². The zero-order valence-corrected chi connectivity index (χ0v) is 13.2. The predicted octanol–water partition coefficient (Wildman–Crippen LogP) is 5.67. The summed E-state index contributed by atoms with van der Waals surface area (Å²) in [5.74, 6) is 0. The number of alkyl halides is 1. The normalized spacial score (nSPS) is 13.1. The fourth-order valence-corrected chi connectivity index (χ4v) is 4.70. The summed E-state index contributed by atoms with van der Waals surface area (Å²) in [5.41, 5.74) is 1.31. The molecule has 80 valence electrons. The van der Waals surface area contributed by atoms with E-state index >= 15 is 0 Å². The zero-order chi connectivity index (χ0) is 11.0. The third-order valence-corrected chi connectivity index (χ3v) is 7.00. The molecule has 0 spiro atoms. The van der Waals surface area contributed by atoms with Crippen molar-refractivity contribution in [3.63, 3.8) is 0 Å². The number of hydrogen-bond acceptors (Lipinski definition) is 2. The smallest absolute Gasteiger partial charge is 0.0831 e. The van der Waals surface area contributed by atoms with E-state index in [0.717, 1.165) is 0 Å². The van der Waals surface area contributed by atoms with E-state index in [-0.39, 0.29) is 0 Å². The van der Waals surface area contributed by atoms with E-state index in [1.165, 1.54) is 24.0 Å². The Morgan fingerprint density at radius 1 is 1.13 bits per heavy atom. The van der Waals surface area contributed by atoms with Gasteiger partial charge < -0.3 is 0 Å². The molecule has 0 bridgehead atoms. The van der Waals surface area contributed by atoms with Crippen LogP contribution in [0, 0.1) is 13.8 Å². The fraction of sp³-hybridized carbons (Fsp3) is 0.273. The first-order valence-electron chi connectivity index (χ1n) is 4.54. The monoisotopic (exact) mass is 364 g/mol. The van der Waals surface area contributed by atoms with E-state index in [0.29, 0.717) is 4.83 Å². The van der Waals surface area contributed by atoms with Crippen molar-refractivity contribution >= 4 is 54.5 Å². The van der Waals surface area contributed by atoms with Gasteiger partial charge >= 0.3 is 0 Å². The molecule has 2 aromatic heterocycles. The van der Waals surface area contributed by atoms with Crippen LogP contribution in [-0.2, 0) is 0 Å². The first-order valence-corrected chi connectivity index (χ1v) is 7.88. The molecule has 2 rings (SSSR count). The van der Waals surface area contributed by atoms with E-state index in [4.69, 9.17) is 0 Å². The van der Waals surface area contributed by atoms with E-state index < -0.39 is 0 Å². The van der Waals surface area contributed by atoms with Crippen LogP contribution in [0.1, 0.15) is 25.0 Å². The minimum Gasteiger partial charge on any atom is -0.144 e. The van der Waals surface area contributed by atoms with Crippen LogP contribution >= 0.6 is 54.5 Å². The Bertz CT molecular complexity index is 451. The Morgan fingerprint density at radius 2 is 1.87 bits per heavy atom. The lowest BCUT2D eigenvalue weighted by Crippen LogP contribution is -1.83. The molecule has 0 aromatic carbocycles. The summed E-state index contributed by atoms with van der Waals surface area (Å²) in [6.45, 7) is 4.27. The van der Waals surface area contributed by atoms with Crippen molar-refractivity contribution in [2.24, 2.45) is 0 Å².